The van der Waals surface area contributed by atoms with Crippen molar-refractivity contribution < 1.29 is 4.79 Å². The number of anilines is 2. The molecule has 0 aliphatic heterocycles. The minimum absolute atomic E-state index is 0.197. The van der Waals surface area contributed by atoms with Crippen LogP contribution >= 0.6 is 11.6 Å². The molecule has 0 unspecified atom stereocenters. The van der Waals surface area contributed by atoms with Crippen molar-refractivity contribution in [1.82, 2.24) is 9.55 Å². The van der Waals surface area contributed by atoms with Crippen LogP contribution in [0, 0.1) is 0 Å². The van der Waals surface area contributed by atoms with Gasteiger partial charge in [-0.2, -0.15) is 0 Å². The number of aromatic amines is 1. The lowest BCUT2D eigenvalue weighted by molar-refractivity contribution is 0.262. The van der Waals surface area contributed by atoms with Crippen LogP contribution in [0.3, 0.4) is 0 Å². The fraction of sp³-hybridized carbons (Fsp3) is 0.0667. The molecule has 2 amide bonds. The summed E-state index contributed by atoms with van der Waals surface area (Å²) < 4.78 is 1.51. The zero-order valence-electron chi connectivity index (χ0n) is 11.7. The molecule has 112 valence electrons. The van der Waals surface area contributed by atoms with E-state index in [0.717, 1.165) is 5.52 Å². The normalized spacial score (nSPS) is 10.6. The number of benzene rings is 2. The zero-order chi connectivity index (χ0) is 15.7. The Morgan fingerprint density at radius 3 is 2.45 bits per heavy atom. The molecule has 0 aliphatic rings. The van der Waals surface area contributed by atoms with Gasteiger partial charge in [0.2, 0.25) is 0 Å². The van der Waals surface area contributed by atoms with E-state index in [2.05, 4.69) is 15.6 Å². The number of H-pyrrole nitrogens is 1. The van der Waals surface area contributed by atoms with Crippen molar-refractivity contribution in [2.75, 3.05) is 10.6 Å². The van der Waals surface area contributed by atoms with Crippen LogP contribution in [0.5, 0.6) is 0 Å². The fourth-order valence-corrected chi connectivity index (χ4v) is 2.27. The van der Waals surface area contributed by atoms with Crippen LogP contribution in [-0.2, 0) is 7.05 Å². The van der Waals surface area contributed by atoms with E-state index in [0.29, 0.717) is 21.9 Å². The molecule has 1 aromatic heterocycles. The summed E-state index contributed by atoms with van der Waals surface area (Å²) in [4.78, 5) is 26.2. The number of amides is 2. The van der Waals surface area contributed by atoms with Crippen molar-refractivity contribution in [3.8, 4) is 0 Å². The van der Waals surface area contributed by atoms with E-state index >= 15 is 0 Å². The van der Waals surface area contributed by atoms with Crippen molar-refractivity contribution in [1.29, 1.82) is 0 Å². The SMILES string of the molecule is Cn1c(=O)[nH]c2cc(NC(=O)Nc3ccc(Cl)cc3)ccc21. The Morgan fingerprint density at radius 2 is 1.73 bits per heavy atom. The van der Waals surface area contributed by atoms with Crippen molar-refractivity contribution in [3.05, 3.63) is 58.0 Å². The van der Waals surface area contributed by atoms with Gasteiger partial charge >= 0.3 is 11.7 Å². The van der Waals surface area contributed by atoms with Crippen LogP contribution in [0.2, 0.25) is 5.02 Å². The number of urea groups is 1. The highest BCUT2D eigenvalue weighted by Crippen LogP contribution is 2.17. The Hall–Kier alpha value is -2.73. The van der Waals surface area contributed by atoms with Gasteiger partial charge in [-0.05, 0) is 42.5 Å². The third-order valence-electron chi connectivity index (χ3n) is 3.26. The van der Waals surface area contributed by atoms with Gasteiger partial charge in [0.15, 0.2) is 0 Å². The third-order valence-corrected chi connectivity index (χ3v) is 3.52. The average molecular weight is 317 g/mol. The summed E-state index contributed by atoms with van der Waals surface area (Å²) in [5.74, 6) is 0. The van der Waals surface area contributed by atoms with E-state index in [9.17, 15) is 9.59 Å². The molecule has 0 fully saturated rings. The summed E-state index contributed by atoms with van der Waals surface area (Å²) in [6.07, 6.45) is 0. The number of carbonyl (C=O) groups is 1. The predicted molar refractivity (Wildman–Crippen MR) is 87.6 cm³/mol. The Labute approximate surface area is 130 Å². The van der Waals surface area contributed by atoms with Gasteiger partial charge in [0.25, 0.3) is 0 Å². The Morgan fingerprint density at radius 1 is 1.09 bits per heavy atom. The number of imidazole rings is 1. The number of hydrogen-bond acceptors (Lipinski definition) is 2. The standard InChI is InChI=1S/C15H13ClN4O2/c1-20-13-7-6-11(8-12(13)19-15(20)22)18-14(21)17-10-4-2-9(16)3-5-10/h2-8H,1H3,(H,19,22)(H2,17,18,21). The van der Waals surface area contributed by atoms with Crippen LogP contribution < -0.4 is 16.3 Å². The number of nitrogens with one attached hydrogen (secondary N) is 3. The Bertz CT molecular complexity index is 896. The average Bonchev–Trinajstić information content (AvgIpc) is 2.76. The number of hydrogen-bond donors (Lipinski definition) is 3. The van der Waals surface area contributed by atoms with Crippen molar-refractivity contribution in [2.24, 2.45) is 7.05 Å². The second-order valence-electron chi connectivity index (χ2n) is 4.81. The van der Waals surface area contributed by atoms with Crippen molar-refractivity contribution >= 4 is 40.0 Å². The van der Waals surface area contributed by atoms with E-state index in [-0.39, 0.29) is 11.7 Å². The molecular weight excluding hydrogens is 304 g/mol. The first kappa shape index (κ1) is 14.2. The van der Waals surface area contributed by atoms with Crippen LogP contribution in [0.1, 0.15) is 0 Å². The maximum atomic E-state index is 11.9. The second-order valence-corrected chi connectivity index (χ2v) is 5.24. The van der Waals surface area contributed by atoms with Gasteiger partial charge in [0.1, 0.15) is 0 Å². The van der Waals surface area contributed by atoms with E-state index in [4.69, 9.17) is 11.6 Å². The quantitative estimate of drug-likeness (QED) is 0.679. The van der Waals surface area contributed by atoms with Crippen molar-refractivity contribution in [3.63, 3.8) is 0 Å². The summed E-state index contributed by atoms with van der Waals surface area (Å²) in [5, 5.41) is 6.01. The summed E-state index contributed by atoms with van der Waals surface area (Å²) >= 11 is 5.79. The first-order valence-electron chi connectivity index (χ1n) is 6.55. The molecule has 0 radical (unpaired) electrons. The van der Waals surface area contributed by atoms with Gasteiger partial charge in [-0.15, -0.1) is 0 Å². The molecule has 0 aliphatic carbocycles. The first-order valence-corrected chi connectivity index (χ1v) is 6.93. The molecule has 0 saturated carbocycles. The molecule has 3 rings (SSSR count). The lowest BCUT2D eigenvalue weighted by Crippen LogP contribution is -2.19. The zero-order valence-corrected chi connectivity index (χ0v) is 12.4. The first-order chi connectivity index (χ1) is 10.5. The topological polar surface area (TPSA) is 78.9 Å². The molecule has 7 heteroatoms. The van der Waals surface area contributed by atoms with Gasteiger partial charge in [-0.3, -0.25) is 4.57 Å². The summed E-state index contributed by atoms with van der Waals surface area (Å²) in [6, 6.07) is 11.6. The van der Waals surface area contributed by atoms with Gasteiger partial charge < -0.3 is 15.6 Å². The van der Waals surface area contributed by atoms with Gasteiger partial charge in [-0.25, -0.2) is 9.59 Å². The molecule has 22 heavy (non-hydrogen) atoms. The largest absolute Gasteiger partial charge is 0.326 e. The molecule has 0 saturated heterocycles. The molecule has 0 atom stereocenters. The summed E-state index contributed by atoms with van der Waals surface area (Å²) in [7, 11) is 1.68. The van der Waals surface area contributed by atoms with E-state index in [1.54, 1.807) is 49.5 Å². The molecule has 6 nitrogen and oxygen atoms in total. The Kier molecular flexibility index (Phi) is 3.60. The maximum Gasteiger partial charge on any atom is 0.326 e. The molecule has 3 aromatic rings. The fourth-order valence-electron chi connectivity index (χ4n) is 2.14. The Balaban J connectivity index is 1.76. The van der Waals surface area contributed by atoms with Crippen LogP contribution in [0.15, 0.2) is 47.3 Å². The molecular formula is C15H13ClN4O2. The lowest BCUT2D eigenvalue weighted by Gasteiger charge is -2.08. The highest BCUT2D eigenvalue weighted by atomic mass is 35.5. The third kappa shape index (κ3) is 2.82. The molecule has 0 spiro atoms. The number of aromatic nitrogens is 2. The molecule has 2 aromatic carbocycles. The smallest absolute Gasteiger partial charge is 0.308 e. The highest BCUT2D eigenvalue weighted by molar-refractivity contribution is 6.30. The van der Waals surface area contributed by atoms with Gasteiger partial charge in [0.05, 0.1) is 11.0 Å². The summed E-state index contributed by atoms with van der Waals surface area (Å²) in [6.45, 7) is 0. The van der Waals surface area contributed by atoms with E-state index in [1.165, 1.54) is 4.57 Å². The minimum Gasteiger partial charge on any atom is -0.308 e. The number of nitrogens with zero attached hydrogens (tertiary/aromatic N) is 1. The van der Waals surface area contributed by atoms with Crippen LogP contribution in [0.4, 0.5) is 16.2 Å². The van der Waals surface area contributed by atoms with E-state index in [1.807, 2.05) is 0 Å². The monoisotopic (exact) mass is 316 g/mol. The van der Waals surface area contributed by atoms with Crippen molar-refractivity contribution in [2.45, 2.75) is 0 Å². The van der Waals surface area contributed by atoms with Gasteiger partial charge in [0, 0.05) is 23.4 Å². The number of rotatable bonds is 2. The maximum absolute atomic E-state index is 11.9. The molecule has 1 heterocycles. The molecule has 0 bridgehead atoms. The van der Waals surface area contributed by atoms with E-state index < -0.39 is 0 Å². The predicted octanol–water partition coefficient (Wildman–Crippen LogP) is 3.16. The van der Waals surface area contributed by atoms with Crippen LogP contribution in [0.25, 0.3) is 11.0 Å². The highest BCUT2D eigenvalue weighted by Gasteiger charge is 2.06. The number of halogens is 1. The molecule has 3 N–H and O–H groups in total. The number of aryl methyl sites for hydroxylation is 1. The number of fused-ring (bicyclic) bond motifs is 1. The summed E-state index contributed by atoms with van der Waals surface area (Å²) in [5.41, 5.74) is 2.46. The van der Waals surface area contributed by atoms with Crippen LogP contribution in [-0.4, -0.2) is 15.6 Å². The lowest BCUT2D eigenvalue weighted by atomic mass is 10.2. The minimum atomic E-state index is -0.375. The second kappa shape index (κ2) is 5.57. The number of carbonyl (C=O) groups excluding carboxylic acids is 1. The van der Waals surface area contributed by atoms with Gasteiger partial charge in [-0.1, -0.05) is 11.6 Å².